The van der Waals surface area contributed by atoms with E-state index in [0.29, 0.717) is 29.5 Å². The van der Waals surface area contributed by atoms with Crippen molar-refractivity contribution in [2.75, 3.05) is 18.6 Å². The highest BCUT2D eigenvalue weighted by Crippen LogP contribution is 2.35. The number of carbonyl (C=O) groups is 2. The van der Waals surface area contributed by atoms with Crippen LogP contribution in [0.1, 0.15) is 12.0 Å². The number of hydrogen-bond acceptors (Lipinski definition) is 3. The van der Waals surface area contributed by atoms with E-state index in [1.54, 1.807) is 23.1 Å². The van der Waals surface area contributed by atoms with E-state index in [0.717, 1.165) is 5.56 Å². The summed E-state index contributed by atoms with van der Waals surface area (Å²) in [5.41, 5.74) is 1.62. The molecule has 0 saturated carbocycles. The number of carbonyl (C=O) groups excluding carboxylic acids is 2. The lowest BCUT2D eigenvalue weighted by atomic mass is 10.1. The van der Waals surface area contributed by atoms with E-state index in [-0.39, 0.29) is 24.2 Å². The monoisotopic (exact) mass is 358 g/mol. The second-order valence-electron chi connectivity index (χ2n) is 5.92. The molecule has 0 aromatic heterocycles. The predicted octanol–water partition coefficient (Wildman–Crippen LogP) is 3.02. The van der Waals surface area contributed by atoms with Crippen LogP contribution >= 0.6 is 11.6 Å². The Bertz CT molecular complexity index is 779. The number of nitrogens with zero attached hydrogens (tertiary/aromatic N) is 1. The van der Waals surface area contributed by atoms with Crippen molar-refractivity contribution < 1.29 is 14.3 Å². The first kappa shape index (κ1) is 17.3. The van der Waals surface area contributed by atoms with Crippen LogP contribution in [0.15, 0.2) is 48.5 Å². The molecule has 3 rings (SSSR count). The van der Waals surface area contributed by atoms with E-state index in [1.807, 2.05) is 30.3 Å². The molecule has 0 aliphatic carbocycles. The van der Waals surface area contributed by atoms with Gasteiger partial charge in [0.2, 0.25) is 11.8 Å². The SMILES string of the molecule is COc1ccc(Cl)cc1N1C[C@H](C(=O)NCc2ccccc2)CC1=O. The molecule has 1 N–H and O–H groups in total. The van der Waals surface area contributed by atoms with Gasteiger partial charge in [-0.1, -0.05) is 41.9 Å². The molecule has 1 heterocycles. The Morgan fingerprint density at radius 3 is 2.76 bits per heavy atom. The van der Waals surface area contributed by atoms with Gasteiger partial charge in [0.1, 0.15) is 5.75 Å². The van der Waals surface area contributed by atoms with Crippen LogP contribution in [-0.4, -0.2) is 25.5 Å². The van der Waals surface area contributed by atoms with Crippen molar-refractivity contribution in [1.29, 1.82) is 0 Å². The van der Waals surface area contributed by atoms with Crippen molar-refractivity contribution in [1.82, 2.24) is 5.32 Å². The summed E-state index contributed by atoms with van der Waals surface area (Å²) >= 11 is 6.04. The van der Waals surface area contributed by atoms with Crippen LogP contribution in [-0.2, 0) is 16.1 Å². The maximum atomic E-state index is 12.4. The first-order valence-corrected chi connectivity index (χ1v) is 8.42. The Labute approximate surface area is 151 Å². The summed E-state index contributed by atoms with van der Waals surface area (Å²) in [6, 6.07) is 14.8. The van der Waals surface area contributed by atoms with Gasteiger partial charge in [0.25, 0.3) is 0 Å². The molecular weight excluding hydrogens is 340 g/mol. The lowest BCUT2D eigenvalue weighted by molar-refractivity contribution is -0.126. The third-order valence-electron chi connectivity index (χ3n) is 4.24. The quantitative estimate of drug-likeness (QED) is 0.893. The second kappa shape index (κ2) is 7.57. The van der Waals surface area contributed by atoms with Crippen LogP contribution < -0.4 is 15.0 Å². The Balaban J connectivity index is 1.68. The fraction of sp³-hybridized carbons (Fsp3) is 0.263. The van der Waals surface area contributed by atoms with Crippen LogP contribution in [0.2, 0.25) is 5.02 Å². The van der Waals surface area contributed by atoms with Crippen molar-refractivity contribution in [3.63, 3.8) is 0 Å². The molecule has 2 amide bonds. The molecule has 0 unspecified atom stereocenters. The van der Waals surface area contributed by atoms with E-state index < -0.39 is 0 Å². The lowest BCUT2D eigenvalue weighted by Crippen LogP contribution is -2.32. The molecule has 0 bridgehead atoms. The van der Waals surface area contributed by atoms with Gasteiger partial charge in [0.15, 0.2) is 0 Å². The van der Waals surface area contributed by atoms with Gasteiger partial charge >= 0.3 is 0 Å². The first-order valence-electron chi connectivity index (χ1n) is 8.04. The van der Waals surface area contributed by atoms with E-state index in [1.165, 1.54) is 7.11 Å². The fourth-order valence-corrected chi connectivity index (χ4v) is 3.09. The minimum atomic E-state index is -0.389. The highest BCUT2D eigenvalue weighted by atomic mass is 35.5. The topological polar surface area (TPSA) is 58.6 Å². The molecule has 1 aliphatic rings. The van der Waals surface area contributed by atoms with E-state index >= 15 is 0 Å². The Kier molecular flexibility index (Phi) is 5.24. The van der Waals surface area contributed by atoms with Gasteiger partial charge in [0, 0.05) is 24.5 Å². The highest BCUT2D eigenvalue weighted by Gasteiger charge is 2.36. The third kappa shape index (κ3) is 3.94. The predicted molar refractivity (Wildman–Crippen MR) is 96.8 cm³/mol. The van der Waals surface area contributed by atoms with Gasteiger partial charge in [-0.2, -0.15) is 0 Å². The second-order valence-corrected chi connectivity index (χ2v) is 6.36. The third-order valence-corrected chi connectivity index (χ3v) is 4.47. The summed E-state index contributed by atoms with van der Waals surface area (Å²) in [5.74, 6) is -0.0656. The summed E-state index contributed by atoms with van der Waals surface area (Å²) in [6.07, 6.45) is 0.177. The zero-order chi connectivity index (χ0) is 17.8. The average molecular weight is 359 g/mol. The molecular formula is C19H19ClN2O3. The van der Waals surface area contributed by atoms with Crippen LogP contribution in [0.25, 0.3) is 0 Å². The maximum absolute atomic E-state index is 12.4. The Hall–Kier alpha value is -2.53. The molecule has 1 atom stereocenters. The number of rotatable bonds is 5. The lowest BCUT2D eigenvalue weighted by Gasteiger charge is -2.19. The normalized spacial score (nSPS) is 16.8. The van der Waals surface area contributed by atoms with Crippen LogP contribution in [0, 0.1) is 5.92 Å². The van der Waals surface area contributed by atoms with Crippen molar-refractivity contribution in [3.8, 4) is 5.75 Å². The number of nitrogens with one attached hydrogen (secondary N) is 1. The number of halogens is 1. The number of methoxy groups -OCH3 is 1. The van der Waals surface area contributed by atoms with Crippen molar-refractivity contribution in [2.45, 2.75) is 13.0 Å². The van der Waals surface area contributed by atoms with E-state index in [2.05, 4.69) is 5.32 Å². The molecule has 2 aromatic rings. The van der Waals surface area contributed by atoms with Crippen LogP contribution in [0.5, 0.6) is 5.75 Å². The number of amides is 2. The summed E-state index contributed by atoms with van der Waals surface area (Å²) in [7, 11) is 1.54. The van der Waals surface area contributed by atoms with Gasteiger partial charge in [-0.05, 0) is 23.8 Å². The standard InChI is InChI=1S/C19H19ClN2O3/c1-25-17-8-7-15(20)10-16(17)22-12-14(9-18(22)23)19(24)21-11-13-5-3-2-4-6-13/h2-8,10,14H,9,11-12H2,1H3,(H,21,24)/t14-/m1/s1. The van der Waals surface area contributed by atoms with E-state index in [4.69, 9.17) is 16.3 Å². The van der Waals surface area contributed by atoms with Crippen LogP contribution in [0.3, 0.4) is 0 Å². The molecule has 5 nitrogen and oxygen atoms in total. The first-order chi connectivity index (χ1) is 12.1. The number of hydrogen-bond donors (Lipinski definition) is 1. The number of anilines is 1. The van der Waals surface area contributed by atoms with Gasteiger partial charge in [0.05, 0.1) is 18.7 Å². The summed E-state index contributed by atoms with van der Waals surface area (Å²) in [4.78, 5) is 26.4. The van der Waals surface area contributed by atoms with Crippen LogP contribution in [0.4, 0.5) is 5.69 Å². The Morgan fingerprint density at radius 1 is 1.28 bits per heavy atom. The van der Waals surface area contributed by atoms with Gasteiger partial charge in [-0.3, -0.25) is 9.59 Å². The zero-order valence-electron chi connectivity index (χ0n) is 13.9. The maximum Gasteiger partial charge on any atom is 0.227 e. The molecule has 2 aromatic carbocycles. The number of ether oxygens (including phenoxy) is 1. The molecule has 1 aliphatic heterocycles. The molecule has 130 valence electrons. The van der Waals surface area contributed by atoms with E-state index in [9.17, 15) is 9.59 Å². The fourth-order valence-electron chi connectivity index (χ4n) is 2.92. The largest absolute Gasteiger partial charge is 0.495 e. The zero-order valence-corrected chi connectivity index (χ0v) is 14.6. The molecule has 6 heteroatoms. The van der Waals surface area contributed by atoms with Gasteiger partial charge < -0.3 is 15.0 Å². The van der Waals surface area contributed by atoms with Crippen molar-refractivity contribution in [2.24, 2.45) is 5.92 Å². The van der Waals surface area contributed by atoms with Crippen molar-refractivity contribution in [3.05, 3.63) is 59.1 Å². The number of benzene rings is 2. The molecule has 1 saturated heterocycles. The Morgan fingerprint density at radius 2 is 2.04 bits per heavy atom. The van der Waals surface area contributed by atoms with Crippen molar-refractivity contribution >= 4 is 29.1 Å². The molecule has 1 fully saturated rings. The minimum absolute atomic E-state index is 0.111. The highest BCUT2D eigenvalue weighted by molar-refractivity contribution is 6.31. The smallest absolute Gasteiger partial charge is 0.227 e. The molecule has 0 radical (unpaired) electrons. The summed E-state index contributed by atoms with van der Waals surface area (Å²) < 4.78 is 5.31. The summed E-state index contributed by atoms with van der Waals surface area (Å²) in [5, 5.41) is 3.41. The van der Waals surface area contributed by atoms with Gasteiger partial charge in [-0.15, -0.1) is 0 Å². The van der Waals surface area contributed by atoms with Gasteiger partial charge in [-0.25, -0.2) is 0 Å². The minimum Gasteiger partial charge on any atom is -0.495 e. The average Bonchev–Trinajstić information content (AvgIpc) is 3.02. The molecule has 25 heavy (non-hydrogen) atoms. The molecule has 0 spiro atoms. The summed E-state index contributed by atoms with van der Waals surface area (Å²) in [6.45, 7) is 0.765.